The number of nitro benzene ring substituents is 1. The van der Waals surface area contributed by atoms with Gasteiger partial charge >= 0.3 is 0 Å². The van der Waals surface area contributed by atoms with Crippen LogP contribution in [0.3, 0.4) is 0 Å². The maximum atomic E-state index is 11.1. The quantitative estimate of drug-likeness (QED) is 0.464. The molecular weight excluding hydrogens is 248 g/mol. The van der Waals surface area contributed by atoms with Crippen molar-refractivity contribution in [2.45, 2.75) is 18.9 Å². The third-order valence-electron chi connectivity index (χ3n) is 3.29. The van der Waals surface area contributed by atoms with E-state index in [0.717, 1.165) is 6.54 Å². The van der Waals surface area contributed by atoms with E-state index in [1.54, 1.807) is 12.1 Å². The maximum absolute atomic E-state index is 11.1. The Balaban J connectivity index is 1.77. The van der Waals surface area contributed by atoms with Crippen LogP contribution in [-0.2, 0) is 4.74 Å². The Hall–Kier alpha value is -1.82. The monoisotopic (exact) mass is 264 g/mol. The molecule has 1 aromatic carbocycles. The summed E-state index contributed by atoms with van der Waals surface area (Å²) in [7, 11) is 0. The molecule has 0 spiro atoms. The molecule has 0 amide bonds. The molecule has 1 aromatic rings. The first kappa shape index (κ1) is 12.2. The lowest BCUT2D eigenvalue weighted by molar-refractivity contribution is -0.384. The van der Waals surface area contributed by atoms with Crippen molar-refractivity contribution in [2.24, 2.45) is 5.92 Å². The van der Waals surface area contributed by atoms with Gasteiger partial charge in [0.1, 0.15) is 18.5 Å². The lowest BCUT2D eigenvalue weighted by Crippen LogP contribution is -2.10. The fraction of sp³-hybridized carbons (Fsp3) is 0.538. The van der Waals surface area contributed by atoms with Crippen LogP contribution in [-0.4, -0.2) is 30.8 Å². The molecule has 19 heavy (non-hydrogen) atoms. The summed E-state index contributed by atoms with van der Waals surface area (Å²) in [5, 5.41) is 14.2. The van der Waals surface area contributed by atoms with E-state index in [9.17, 15) is 10.1 Å². The topological polar surface area (TPSA) is 76.9 Å². The average Bonchev–Trinajstić information content (AvgIpc) is 3.27. The van der Waals surface area contributed by atoms with Crippen LogP contribution >= 0.6 is 0 Å². The van der Waals surface area contributed by atoms with Gasteiger partial charge in [0.15, 0.2) is 5.69 Å². The van der Waals surface area contributed by atoms with Gasteiger partial charge < -0.3 is 14.8 Å². The Morgan fingerprint density at radius 1 is 1.47 bits per heavy atom. The van der Waals surface area contributed by atoms with Crippen molar-refractivity contribution in [3.05, 3.63) is 28.3 Å². The molecule has 1 atom stereocenters. The molecule has 0 bridgehead atoms. The summed E-state index contributed by atoms with van der Waals surface area (Å²) in [4.78, 5) is 10.7. The number of hydrogen-bond acceptors (Lipinski definition) is 5. The van der Waals surface area contributed by atoms with E-state index in [1.807, 2.05) is 0 Å². The van der Waals surface area contributed by atoms with Crippen molar-refractivity contribution in [2.75, 3.05) is 25.1 Å². The van der Waals surface area contributed by atoms with Crippen LogP contribution < -0.4 is 10.1 Å². The normalized spacial score (nSPS) is 20.9. The number of epoxide rings is 1. The third-order valence-corrected chi connectivity index (χ3v) is 3.29. The highest BCUT2D eigenvalue weighted by molar-refractivity contribution is 5.70. The lowest BCUT2D eigenvalue weighted by atomic mass is 10.2. The van der Waals surface area contributed by atoms with E-state index in [4.69, 9.17) is 9.47 Å². The highest BCUT2D eigenvalue weighted by Crippen LogP contribution is 2.37. The van der Waals surface area contributed by atoms with Gasteiger partial charge in [-0.15, -0.1) is 0 Å². The van der Waals surface area contributed by atoms with Crippen LogP contribution in [0.5, 0.6) is 5.75 Å². The molecule has 1 heterocycles. The molecule has 6 nitrogen and oxygen atoms in total. The van der Waals surface area contributed by atoms with Crippen LogP contribution in [0.25, 0.3) is 0 Å². The highest BCUT2D eigenvalue weighted by Gasteiger charge is 2.27. The number of anilines is 1. The van der Waals surface area contributed by atoms with E-state index < -0.39 is 0 Å². The molecular formula is C13H16N2O4. The largest absolute Gasteiger partial charge is 0.488 e. The van der Waals surface area contributed by atoms with Crippen molar-refractivity contribution in [1.82, 2.24) is 0 Å². The second kappa shape index (κ2) is 5.05. The van der Waals surface area contributed by atoms with Crippen LogP contribution in [0.4, 0.5) is 11.4 Å². The minimum atomic E-state index is -0.379. The van der Waals surface area contributed by atoms with Crippen LogP contribution in [0.1, 0.15) is 12.8 Å². The Bertz CT molecular complexity index is 484. The number of ether oxygens (including phenoxy) is 2. The second-order valence-corrected chi connectivity index (χ2v) is 5.00. The lowest BCUT2D eigenvalue weighted by Gasteiger charge is -2.12. The molecule has 2 fully saturated rings. The zero-order chi connectivity index (χ0) is 13.2. The molecule has 0 radical (unpaired) electrons. The summed E-state index contributed by atoms with van der Waals surface area (Å²) in [5.41, 5.74) is 0.551. The fourth-order valence-corrected chi connectivity index (χ4v) is 1.89. The van der Waals surface area contributed by atoms with Crippen molar-refractivity contribution in [3.63, 3.8) is 0 Å². The average molecular weight is 264 g/mol. The number of nitrogens with one attached hydrogen (secondary N) is 1. The number of nitro groups is 1. The molecule has 0 aromatic heterocycles. The summed E-state index contributed by atoms with van der Waals surface area (Å²) in [6.07, 6.45) is 2.52. The van der Waals surface area contributed by atoms with E-state index in [1.165, 1.54) is 18.9 Å². The smallest absolute Gasteiger partial charge is 0.296 e. The summed E-state index contributed by atoms with van der Waals surface area (Å²) in [6.45, 7) is 1.92. The van der Waals surface area contributed by atoms with Crippen molar-refractivity contribution < 1.29 is 14.4 Å². The van der Waals surface area contributed by atoms with Gasteiger partial charge in [0.2, 0.25) is 0 Å². The number of para-hydroxylation sites is 1. The molecule has 2 aliphatic rings. The van der Waals surface area contributed by atoms with Gasteiger partial charge in [0.25, 0.3) is 5.69 Å². The minimum Gasteiger partial charge on any atom is -0.488 e. The zero-order valence-electron chi connectivity index (χ0n) is 10.5. The number of nitrogens with zero attached hydrogens (tertiary/aromatic N) is 1. The summed E-state index contributed by atoms with van der Waals surface area (Å²) in [6, 6.07) is 4.89. The molecule has 6 heteroatoms. The van der Waals surface area contributed by atoms with Gasteiger partial charge in [-0.2, -0.15) is 0 Å². The van der Waals surface area contributed by atoms with E-state index in [2.05, 4.69) is 5.32 Å². The molecule has 1 aliphatic heterocycles. The van der Waals surface area contributed by atoms with Gasteiger partial charge in [-0.25, -0.2) is 0 Å². The first-order valence-electron chi connectivity index (χ1n) is 6.49. The van der Waals surface area contributed by atoms with Gasteiger partial charge in [0, 0.05) is 12.6 Å². The van der Waals surface area contributed by atoms with E-state index in [-0.39, 0.29) is 16.7 Å². The van der Waals surface area contributed by atoms with E-state index >= 15 is 0 Å². The Labute approximate surface area is 110 Å². The van der Waals surface area contributed by atoms with Crippen molar-refractivity contribution in [3.8, 4) is 5.75 Å². The zero-order valence-corrected chi connectivity index (χ0v) is 10.5. The highest BCUT2D eigenvalue weighted by atomic mass is 16.6. The molecule has 1 aliphatic carbocycles. The molecule has 1 unspecified atom stereocenters. The minimum absolute atomic E-state index is 0.0647. The van der Waals surface area contributed by atoms with Gasteiger partial charge in [-0.1, -0.05) is 6.07 Å². The van der Waals surface area contributed by atoms with Crippen molar-refractivity contribution in [1.29, 1.82) is 0 Å². The fourth-order valence-electron chi connectivity index (χ4n) is 1.89. The van der Waals surface area contributed by atoms with E-state index in [0.29, 0.717) is 30.6 Å². The van der Waals surface area contributed by atoms with Crippen LogP contribution in [0.15, 0.2) is 18.2 Å². The van der Waals surface area contributed by atoms with Gasteiger partial charge in [-0.05, 0) is 24.8 Å². The molecule has 3 rings (SSSR count). The van der Waals surface area contributed by atoms with Crippen LogP contribution in [0.2, 0.25) is 0 Å². The Morgan fingerprint density at radius 3 is 2.89 bits per heavy atom. The summed E-state index contributed by atoms with van der Waals surface area (Å²) >= 11 is 0. The van der Waals surface area contributed by atoms with Gasteiger partial charge in [-0.3, -0.25) is 10.1 Å². The first-order valence-corrected chi connectivity index (χ1v) is 6.49. The predicted octanol–water partition coefficient (Wildman–Crippen LogP) is 2.19. The Kier molecular flexibility index (Phi) is 3.25. The van der Waals surface area contributed by atoms with Gasteiger partial charge in [0.05, 0.1) is 11.5 Å². The number of benzene rings is 1. The molecule has 1 saturated carbocycles. The third kappa shape index (κ3) is 3.14. The first-order chi connectivity index (χ1) is 9.24. The second-order valence-electron chi connectivity index (χ2n) is 5.00. The standard InChI is InChI=1S/C13H16N2O4/c16-15(17)11-2-1-3-12(19-8-10-7-18-10)13(11)14-6-9-4-5-9/h1-3,9-10,14H,4-8H2. The maximum Gasteiger partial charge on any atom is 0.296 e. The summed E-state index contributed by atoms with van der Waals surface area (Å²) < 4.78 is 10.7. The molecule has 102 valence electrons. The van der Waals surface area contributed by atoms with Crippen LogP contribution in [0, 0.1) is 16.0 Å². The number of hydrogen-bond donors (Lipinski definition) is 1. The predicted molar refractivity (Wildman–Crippen MR) is 69.5 cm³/mol. The molecule has 1 N–H and O–H groups in total. The Morgan fingerprint density at radius 2 is 2.26 bits per heavy atom. The van der Waals surface area contributed by atoms with Crippen molar-refractivity contribution >= 4 is 11.4 Å². The summed E-state index contributed by atoms with van der Waals surface area (Å²) in [5.74, 6) is 1.17. The number of rotatable bonds is 7. The SMILES string of the molecule is O=[N+]([O-])c1cccc(OCC2CO2)c1NCC1CC1. The molecule has 1 saturated heterocycles.